The molecule has 82 valence electrons. The molecule has 0 aliphatic rings. The lowest BCUT2D eigenvalue weighted by Crippen LogP contribution is -2.20. The second-order valence-electron chi connectivity index (χ2n) is 3.23. The van der Waals surface area contributed by atoms with Crippen LogP contribution in [0.15, 0.2) is 24.3 Å². The number of hydrogen-bond donors (Lipinski definition) is 2. The Balaban J connectivity index is 2.77. The van der Waals surface area contributed by atoms with Crippen LogP contribution in [-0.2, 0) is 4.79 Å². The molecule has 1 atom stereocenters. The molecule has 0 aliphatic heterocycles. The molecule has 1 rings (SSSR count). The Hall–Kier alpha value is -1.55. The first-order chi connectivity index (χ1) is 7.15. The lowest BCUT2D eigenvalue weighted by molar-refractivity contribution is -0.126. The highest BCUT2D eigenvalue weighted by atomic mass is 16.5. The molecular formula is C11H15NO3. The van der Waals surface area contributed by atoms with Crippen LogP contribution in [0.25, 0.3) is 0 Å². The molecular weight excluding hydrogens is 194 g/mol. The molecule has 0 fully saturated rings. The maximum Gasteiger partial charge on any atom is 0.250 e. The zero-order valence-electron chi connectivity index (χ0n) is 8.64. The number of aliphatic hydroxyl groups is 1. The van der Waals surface area contributed by atoms with Gasteiger partial charge in [-0.1, -0.05) is 19.1 Å². The fourth-order valence-electron chi connectivity index (χ4n) is 1.16. The number of ether oxygens (including phenoxy) is 1. The smallest absolute Gasteiger partial charge is 0.250 e. The van der Waals surface area contributed by atoms with E-state index in [9.17, 15) is 9.90 Å². The SMILES string of the molecule is CCCOc1cccc(C(O)C(N)=O)c1. The molecule has 4 heteroatoms. The third-order valence-electron chi connectivity index (χ3n) is 1.92. The van der Waals surface area contributed by atoms with Gasteiger partial charge in [0, 0.05) is 0 Å². The van der Waals surface area contributed by atoms with Crippen molar-refractivity contribution in [2.75, 3.05) is 6.61 Å². The summed E-state index contributed by atoms with van der Waals surface area (Å²) in [4.78, 5) is 10.8. The van der Waals surface area contributed by atoms with Crippen molar-refractivity contribution < 1.29 is 14.6 Å². The van der Waals surface area contributed by atoms with Crippen molar-refractivity contribution in [2.24, 2.45) is 5.73 Å². The highest BCUT2D eigenvalue weighted by Gasteiger charge is 2.13. The fourth-order valence-corrected chi connectivity index (χ4v) is 1.16. The van der Waals surface area contributed by atoms with Crippen molar-refractivity contribution in [1.29, 1.82) is 0 Å². The molecule has 0 aliphatic carbocycles. The van der Waals surface area contributed by atoms with E-state index >= 15 is 0 Å². The van der Waals surface area contributed by atoms with Crippen LogP contribution < -0.4 is 10.5 Å². The van der Waals surface area contributed by atoms with Gasteiger partial charge >= 0.3 is 0 Å². The average molecular weight is 209 g/mol. The van der Waals surface area contributed by atoms with Gasteiger partial charge in [0.05, 0.1) is 6.61 Å². The largest absolute Gasteiger partial charge is 0.494 e. The Morgan fingerprint density at radius 2 is 2.33 bits per heavy atom. The van der Waals surface area contributed by atoms with Gasteiger partial charge in [0.15, 0.2) is 6.10 Å². The summed E-state index contributed by atoms with van der Waals surface area (Å²) in [7, 11) is 0. The van der Waals surface area contributed by atoms with E-state index in [4.69, 9.17) is 10.5 Å². The van der Waals surface area contributed by atoms with E-state index in [0.29, 0.717) is 17.9 Å². The first-order valence-corrected chi connectivity index (χ1v) is 4.85. The number of hydrogen-bond acceptors (Lipinski definition) is 3. The summed E-state index contributed by atoms with van der Waals surface area (Å²) in [5, 5.41) is 9.42. The van der Waals surface area contributed by atoms with Gasteiger partial charge in [0.25, 0.3) is 5.91 Å². The fraction of sp³-hybridized carbons (Fsp3) is 0.364. The summed E-state index contributed by atoms with van der Waals surface area (Å²) in [5.41, 5.74) is 5.44. The molecule has 1 unspecified atom stereocenters. The predicted octanol–water partition coefficient (Wildman–Crippen LogP) is 0.994. The summed E-state index contributed by atoms with van der Waals surface area (Å²) in [5.74, 6) is -0.128. The molecule has 0 heterocycles. The zero-order valence-corrected chi connectivity index (χ0v) is 8.64. The third kappa shape index (κ3) is 3.25. The van der Waals surface area contributed by atoms with Crippen LogP contribution in [0.1, 0.15) is 25.0 Å². The Morgan fingerprint density at radius 1 is 1.60 bits per heavy atom. The van der Waals surface area contributed by atoms with Crippen molar-refractivity contribution in [3.63, 3.8) is 0 Å². The molecule has 4 nitrogen and oxygen atoms in total. The monoisotopic (exact) mass is 209 g/mol. The van der Waals surface area contributed by atoms with Gasteiger partial charge in [-0.15, -0.1) is 0 Å². The van der Waals surface area contributed by atoms with Gasteiger partial charge in [0.2, 0.25) is 0 Å². The van der Waals surface area contributed by atoms with Crippen LogP contribution in [0, 0.1) is 0 Å². The Kier molecular flexibility index (Phi) is 4.12. The number of primary amides is 1. The number of amides is 1. The van der Waals surface area contributed by atoms with E-state index in [2.05, 4.69) is 0 Å². The van der Waals surface area contributed by atoms with E-state index in [0.717, 1.165) is 6.42 Å². The Bertz CT molecular complexity index is 338. The van der Waals surface area contributed by atoms with Crippen molar-refractivity contribution in [3.05, 3.63) is 29.8 Å². The minimum atomic E-state index is -1.27. The minimum absolute atomic E-state index is 0.455. The minimum Gasteiger partial charge on any atom is -0.494 e. The Labute approximate surface area is 88.7 Å². The first kappa shape index (κ1) is 11.5. The number of carbonyl (C=O) groups excluding carboxylic acids is 1. The van der Waals surface area contributed by atoms with Crippen LogP contribution >= 0.6 is 0 Å². The molecule has 0 saturated carbocycles. The zero-order chi connectivity index (χ0) is 11.3. The number of benzene rings is 1. The second kappa shape index (κ2) is 5.36. The van der Waals surface area contributed by atoms with Crippen molar-refractivity contribution in [1.82, 2.24) is 0 Å². The maximum atomic E-state index is 10.8. The van der Waals surface area contributed by atoms with E-state index < -0.39 is 12.0 Å². The number of nitrogens with two attached hydrogens (primary N) is 1. The third-order valence-corrected chi connectivity index (χ3v) is 1.92. The summed E-state index contributed by atoms with van der Waals surface area (Å²) in [6.45, 7) is 2.61. The van der Waals surface area contributed by atoms with Crippen LogP contribution in [0.2, 0.25) is 0 Å². The Morgan fingerprint density at radius 3 is 2.93 bits per heavy atom. The van der Waals surface area contributed by atoms with E-state index in [1.54, 1.807) is 24.3 Å². The van der Waals surface area contributed by atoms with Crippen LogP contribution in [-0.4, -0.2) is 17.6 Å². The molecule has 0 saturated heterocycles. The van der Waals surface area contributed by atoms with Crippen LogP contribution in [0.3, 0.4) is 0 Å². The van der Waals surface area contributed by atoms with Gasteiger partial charge in [-0.2, -0.15) is 0 Å². The topological polar surface area (TPSA) is 72.6 Å². The molecule has 0 radical (unpaired) electrons. The molecule has 0 spiro atoms. The first-order valence-electron chi connectivity index (χ1n) is 4.85. The molecule has 0 bridgehead atoms. The number of rotatable bonds is 5. The van der Waals surface area contributed by atoms with Crippen LogP contribution in [0.4, 0.5) is 0 Å². The molecule has 3 N–H and O–H groups in total. The predicted molar refractivity (Wildman–Crippen MR) is 56.4 cm³/mol. The summed E-state index contributed by atoms with van der Waals surface area (Å²) >= 11 is 0. The van der Waals surface area contributed by atoms with Crippen LogP contribution in [0.5, 0.6) is 5.75 Å². The molecule has 15 heavy (non-hydrogen) atoms. The van der Waals surface area contributed by atoms with E-state index in [1.165, 1.54) is 0 Å². The van der Waals surface area contributed by atoms with Gasteiger partial charge in [0.1, 0.15) is 5.75 Å². The van der Waals surface area contributed by atoms with Gasteiger partial charge in [-0.3, -0.25) is 4.79 Å². The normalized spacial score (nSPS) is 12.1. The average Bonchev–Trinajstić information content (AvgIpc) is 2.25. The van der Waals surface area contributed by atoms with E-state index in [1.807, 2.05) is 6.92 Å². The molecule has 0 aromatic heterocycles. The van der Waals surface area contributed by atoms with E-state index in [-0.39, 0.29) is 0 Å². The van der Waals surface area contributed by atoms with Crippen molar-refractivity contribution in [2.45, 2.75) is 19.4 Å². The van der Waals surface area contributed by atoms with Crippen molar-refractivity contribution in [3.8, 4) is 5.75 Å². The summed E-state index contributed by atoms with van der Waals surface area (Å²) in [6.07, 6.45) is -0.363. The standard InChI is InChI=1S/C11H15NO3/c1-2-6-15-9-5-3-4-8(7-9)10(13)11(12)14/h3-5,7,10,13H,2,6H2,1H3,(H2,12,14). The number of carbonyl (C=O) groups is 1. The molecule has 1 aromatic rings. The highest BCUT2D eigenvalue weighted by Crippen LogP contribution is 2.19. The lowest BCUT2D eigenvalue weighted by Gasteiger charge is -2.09. The highest BCUT2D eigenvalue weighted by molar-refractivity contribution is 5.80. The van der Waals surface area contributed by atoms with Gasteiger partial charge in [-0.25, -0.2) is 0 Å². The van der Waals surface area contributed by atoms with Gasteiger partial charge in [-0.05, 0) is 24.1 Å². The molecule has 1 amide bonds. The van der Waals surface area contributed by atoms with Crippen molar-refractivity contribution >= 4 is 5.91 Å². The molecule has 1 aromatic carbocycles. The second-order valence-corrected chi connectivity index (χ2v) is 3.23. The van der Waals surface area contributed by atoms with Gasteiger partial charge < -0.3 is 15.6 Å². The quantitative estimate of drug-likeness (QED) is 0.759. The lowest BCUT2D eigenvalue weighted by atomic mass is 10.1. The number of aliphatic hydroxyl groups excluding tert-OH is 1. The summed E-state index contributed by atoms with van der Waals surface area (Å²) in [6, 6.07) is 6.73. The maximum absolute atomic E-state index is 10.8. The summed E-state index contributed by atoms with van der Waals surface area (Å²) < 4.78 is 5.36.